The van der Waals surface area contributed by atoms with Crippen LogP contribution in [0.2, 0.25) is 0 Å². The quantitative estimate of drug-likeness (QED) is 0.237. The summed E-state index contributed by atoms with van der Waals surface area (Å²) in [5.41, 5.74) is 1.77. The SMILES string of the molecule is C=C(C)C1CC=C2C(=CCC3(C)C(C(CCC(=C)C(C)(C)O)C(=O)O)C(O)CC23C)C1(C)CCC(=O)OC. The summed E-state index contributed by atoms with van der Waals surface area (Å²) in [6.07, 6.45) is 7.33. The number of hydrogen-bond donors (Lipinski definition) is 3. The molecule has 0 heterocycles. The molecular formula is C32H48O6. The number of carboxylic acids is 1. The number of carbonyl (C=O) groups excluding carboxylic acids is 1. The number of carbonyl (C=O) groups is 2. The van der Waals surface area contributed by atoms with Crippen LogP contribution < -0.4 is 0 Å². The summed E-state index contributed by atoms with van der Waals surface area (Å²) >= 11 is 0. The third-order valence-corrected chi connectivity index (χ3v) is 10.6. The van der Waals surface area contributed by atoms with Crippen LogP contribution in [-0.4, -0.2) is 46.1 Å². The molecule has 0 spiro atoms. The summed E-state index contributed by atoms with van der Waals surface area (Å²) in [6, 6.07) is 0. The van der Waals surface area contributed by atoms with Gasteiger partial charge < -0.3 is 20.1 Å². The first-order valence-corrected chi connectivity index (χ1v) is 13.9. The molecule has 3 rings (SSSR count). The predicted octanol–water partition coefficient (Wildman–Crippen LogP) is 6.00. The first-order valence-electron chi connectivity index (χ1n) is 13.9. The maximum atomic E-state index is 12.6. The Hall–Kier alpha value is -2.18. The molecule has 0 aliphatic heterocycles. The molecular weight excluding hydrogens is 480 g/mol. The third kappa shape index (κ3) is 4.95. The molecule has 6 nitrogen and oxygen atoms in total. The van der Waals surface area contributed by atoms with Crippen LogP contribution in [0.25, 0.3) is 0 Å². The first-order chi connectivity index (χ1) is 17.4. The number of ether oxygens (including phenoxy) is 1. The number of aliphatic hydroxyl groups excluding tert-OH is 1. The Bertz CT molecular complexity index is 1060. The number of esters is 1. The van der Waals surface area contributed by atoms with Gasteiger partial charge in [-0.3, -0.25) is 9.59 Å². The van der Waals surface area contributed by atoms with E-state index in [1.54, 1.807) is 13.8 Å². The van der Waals surface area contributed by atoms with Crippen molar-refractivity contribution in [2.75, 3.05) is 7.11 Å². The van der Waals surface area contributed by atoms with Gasteiger partial charge in [-0.25, -0.2) is 0 Å². The van der Waals surface area contributed by atoms with Gasteiger partial charge in [0.05, 0.1) is 24.7 Å². The summed E-state index contributed by atoms with van der Waals surface area (Å²) in [6.45, 7) is 20.2. The highest BCUT2D eigenvalue weighted by atomic mass is 16.5. The van der Waals surface area contributed by atoms with Gasteiger partial charge in [-0.1, -0.05) is 51.7 Å². The fourth-order valence-corrected chi connectivity index (χ4v) is 7.95. The molecule has 0 radical (unpaired) electrons. The lowest BCUT2D eigenvalue weighted by Crippen LogP contribution is -2.48. The topological polar surface area (TPSA) is 104 Å². The zero-order chi connectivity index (χ0) is 28.8. The molecule has 0 aromatic heterocycles. The van der Waals surface area contributed by atoms with E-state index in [1.807, 2.05) is 6.92 Å². The lowest BCUT2D eigenvalue weighted by atomic mass is 9.48. The average molecular weight is 529 g/mol. The highest BCUT2D eigenvalue weighted by Crippen LogP contribution is 2.70. The molecule has 0 saturated heterocycles. The van der Waals surface area contributed by atoms with Crippen molar-refractivity contribution >= 4 is 11.9 Å². The number of carboxylic acid groups (broad SMARTS) is 1. The second-order valence-corrected chi connectivity index (χ2v) is 13.3. The molecule has 0 bridgehead atoms. The summed E-state index contributed by atoms with van der Waals surface area (Å²) in [5, 5.41) is 32.1. The van der Waals surface area contributed by atoms with Crippen molar-refractivity contribution in [3.05, 3.63) is 47.6 Å². The van der Waals surface area contributed by atoms with Crippen LogP contribution in [0, 0.1) is 34.0 Å². The van der Waals surface area contributed by atoms with Gasteiger partial charge in [-0.05, 0) is 92.8 Å². The largest absolute Gasteiger partial charge is 0.481 e. The summed E-state index contributed by atoms with van der Waals surface area (Å²) in [7, 11) is 1.41. The van der Waals surface area contributed by atoms with E-state index in [-0.39, 0.29) is 17.3 Å². The fourth-order valence-electron chi connectivity index (χ4n) is 7.95. The molecule has 0 aromatic carbocycles. The Morgan fingerprint density at radius 2 is 1.79 bits per heavy atom. The molecule has 7 atom stereocenters. The molecule has 3 aliphatic rings. The number of rotatable bonds is 10. The molecule has 212 valence electrons. The summed E-state index contributed by atoms with van der Waals surface area (Å²) in [5.74, 6) is -2.18. The van der Waals surface area contributed by atoms with Crippen molar-refractivity contribution in [3.8, 4) is 0 Å². The maximum Gasteiger partial charge on any atom is 0.306 e. The third-order valence-electron chi connectivity index (χ3n) is 10.6. The zero-order valence-corrected chi connectivity index (χ0v) is 24.4. The Morgan fingerprint density at radius 3 is 2.32 bits per heavy atom. The van der Waals surface area contributed by atoms with Crippen LogP contribution in [0.5, 0.6) is 0 Å². The van der Waals surface area contributed by atoms with Crippen molar-refractivity contribution in [2.24, 2.45) is 34.0 Å². The van der Waals surface area contributed by atoms with Crippen LogP contribution in [0.4, 0.5) is 0 Å². The molecule has 3 N–H and O–H groups in total. The number of methoxy groups -OCH3 is 1. The number of aliphatic carboxylic acids is 1. The van der Waals surface area contributed by atoms with E-state index in [0.29, 0.717) is 44.1 Å². The van der Waals surface area contributed by atoms with E-state index in [9.17, 15) is 24.9 Å². The van der Waals surface area contributed by atoms with E-state index in [4.69, 9.17) is 4.74 Å². The second-order valence-electron chi connectivity index (χ2n) is 13.3. The number of allylic oxidation sites excluding steroid dienone is 5. The molecule has 0 aromatic rings. The van der Waals surface area contributed by atoms with Gasteiger partial charge in [-0.2, -0.15) is 0 Å². The van der Waals surface area contributed by atoms with Crippen LogP contribution >= 0.6 is 0 Å². The molecule has 38 heavy (non-hydrogen) atoms. The van der Waals surface area contributed by atoms with Gasteiger partial charge in [-0.15, -0.1) is 0 Å². The lowest BCUT2D eigenvalue weighted by Gasteiger charge is -2.56. The second kappa shape index (κ2) is 10.4. The monoisotopic (exact) mass is 528 g/mol. The van der Waals surface area contributed by atoms with Crippen LogP contribution in [-0.2, 0) is 14.3 Å². The molecule has 6 heteroatoms. The highest BCUT2D eigenvalue weighted by molar-refractivity contribution is 5.71. The normalized spacial score (nSPS) is 35.3. The van der Waals surface area contributed by atoms with E-state index in [0.717, 1.165) is 12.0 Å². The summed E-state index contributed by atoms with van der Waals surface area (Å²) in [4.78, 5) is 24.7. The number of aliphatic hydroxyl groups is 2. The zero-order valence-electron chi connectivity index (χ0n) is 24.4. The summed E-state index contributed by atoms with van der Waals surface area (Å²) < 4.78 is 4.95. The van der Waals surface area contributed by atoms with E-state index < -0.39 is 40.3 Å². The van der Waals surface area contributed by atoms with Crippen molar-refractivity contribution < 1.29 is 29.6 Å². The van der Waals surface area contributed by atoms with Crippen LogP contribution in [0.15, 0.2) is 47.6 Å². The van der Waals surface area contributed by atoms with Gasteiger partial charge in [0.1, 0.15) is 0 Å². The molecule has 3 aliphatic carbocycles. The minimum absolute atomic E-state index is 0.178. The minimum Gasteiger partial charge on any atom is -0.481 e. The van der Waals surface area contributed by atoms with Gasteiger partial charge in [0, 0.05) is 17.8 Å². The van der Waals surface area contributed by atoms with Crippen molar-refractivity contribution in [1.82, 2.24) is 0 Å². The highest BCUT2D eigenvalue weighted by Gasteiger charge is 2.65. The number of hydrogen-bond acceptors (Lipinski definition) is 5. The minimum atomic E-state index is -1.08. The van der Waals surface area contributed by atoms with E-state index >= 15 is 0 Å². The smallest absolute Gasteiger partial charge is 0.306 e. The Labute approximate surface area is 228 Å². The van der Waals surface area contributed by atoms with Gasteiger partial charge in [0.2, 0.25) is 0 Å². The van der Waals surface area contributed by atoms with Crippen molar-refractivity contribution in [1.29, 1.82) is 0 Å². The van der Waals surface area contributed by atoms with Gasteiger partial charge >= 0.3 is 11.9 Å². The predicted molar refractivity (Wildman–Crippen MR) is 149 cm³/mol. The molecule has 1 fully saturated rings. The average Bonchev–Trinajstić information content (AvgIpc) is 3.02. The first kappa shape index (κ1) is 30.4. The van der Waals surface area contributed by atoms with Crippen LogP contribution in [0.3, 0.4) is 0 Å². The fraction of sp³-hybridized carbons (Fsp3) is 0.688. The van der Waals surface area contributed by atoms with Gasteiger partial charge in [0.15, 0.2) is 0 Å². The van der Waals surface area contributed by atoms with Crippen molar-refractivity contribution in [2.45, 2.75) is 98.2 Å². The van der Waals surface area contributed by atoms with Crippen LogP contribution in [0.1, 0.15) is 86.5 Å². The Morgan fingerprint density at radius 1 is 1.16 bits per heavy atom. The molecule has 1 saturated carbocycles. The Kier molecular flexibility index (Phi) is 8.33. The van der Waals surface area contributed by atoms with E-state index in [2.05, 4.69) is 46.1 Å². The van der Waals surface area contributed by atoms with Gasteiger partial charge in [0.25, 0.3) is 0 Å². The number of fused-ring (bicyclic) bond motifs is 3. The molecule has 0 amide bonds. The lowest BCUT2D eigenvalue weighted by molar-refractivity contribution is -0.148. The van der Waals surface area contributed by atoms with E-state index in [1.165, 1.54) is 18.3 Å². The molecule has 7 unspecified atom stereocenters. The van der Waals surface area contributed by atoms with Crippen molar-refractivity contribution in [3.63, 3.8) is 0 Å². The maximum absolute atomic E-state index is 12.6. The standard InChI is InChI=1S/C32H48O6/c1-19(2)22-12-13-24-23(30(22,6)16-15-26(34)38-9)14-17-31(7)27(25(33)18-32(24,31)8)21(28(35)36)11-10-20(3)29(4,5)37/h13-14,21-22,25,27,33,37H,1,3,10-12,15-18H2,2,4-9H3,(H,35,36). The Balaban J connectivity index is 2.04.